The number of rotatable bonds is 5. The van der Waals surface area contributed by atoms with E-state index < -0.39 is 16.0 Å². The minimum atomic E-state index is -0.621. The van der Waals surface area contributed by atoms with Gasteiger partial charge in [-0.2, -0.15) is 0 Å². The molecule has 2 aromatic rings. The number of anilines is 1. The molecule has 1 unspecified atom stereocenters. The van der Waals surface area contributed by atoms with Crippen LogP contribution in [0.2, 0.25) is 0 Å². The van der Waals surface area contributed by atoms with Gasteiger partial charge in [0.1, 0.15) is 17.3 Å². The Morgan fingerprint density at radius 3 is 2.73 bits per heavy atom. The zero-order chi connectivity index (χ0) is 18.7. The fourth-order valence-corrected chi connectivity index (χ4v) is 3.34. The van der Waals surface area contributed by atoms with Crippen LogP contribution in [-0.4, -0.2) is 28.4 Å². The molecule has 1 saturated heterocycles. The maximum atomic E-state index is 13.0. The van der Waals surface area contributed by atoms with Gasteiger partial charge in [-0.05, 0) is 44.1 Å². The van der Waals surface area contributed by atoms with Crippen molar-refractivity contribution in [2.24, 2.45) is 0 Å². The Bertz CT molecular complexity index is 851. The Balaban J connectivity index is 1.90. The molecule has 1 aromatic carbocycles. The molecular weight excluding hydrogens is 339 g/mol. The van der Waals surface area contributed by atoms with Gasteiger partial charge in [0, 0.05) is 12.6 Å². The summed E-state index contributed by atoms with van der Waals surface area (Å²) in [4.78, 5) is 28.2. The van der Waals surface area contributed by atoms with Crippen LogP contribution in [0.15, 0.2) is 35.1 Å². The summed E-state index contributed by atoms with van der Waals surface area (Å²) in [6.45, 7) is 1.20. The number of nitrogens with zero attached hydrogens (tertiary/aromatic N) is 2. The average Bonchev–Trinajstić information content (AvgIpc) is 2.61. The van der Waals surface area contributed by atoms with E-state index in [-0.39, 0.29) is 11.9 Å². The summed E-state index contributed by atoms with van der Waals surface area (Å²) in [6, 6.07) is 7.01. The number of hydrogen-bond donors (Lipinski definition) is 2. The molecule has 1 aliphatic rings. The summed E-state index contributed by atoms with van der Waals surface area (Å²) in [5, 5.41) is 14.5. The largest absolute Gasteiger partial charge is 0.367 e. The maximum absolute atomic E-state index is 13.0. The molecule has 8 heteroatoms. The first-order valence-electron chi connectivity index (χ1n) is 8.56. The SMILES string of the molecule is CN1CCCCC1c1[nH]c(NCc2ccc(F)cc2)cc(=O)c1[N+](=O)[O-]. The predicted octanol–water partition coefficient (Wildman–Crippen LogP) is 3.19. The Labute approximate surface area is 150 Å². The lowest BCUT2D eigenvalue weighted by Crippen LogP contribution is -2.32. The van der Waals surface area contributed by atoms with E-state index in [9.17, 15) is 19.3 Å². The highest BCUT2D eigenvalue weighted by Gasteiger charge is 2.31. The first-order valence-corrected chi connectivity index (χ1v) is 8.56. The molecule has 0 spiro atoms. The highest BCUT2D eigenvalue weighted by atomic mass is 19.1. The molecule has 0 bridgehead atoms. The zero-order valence-electron chi connectivity index (χ0n) is 14.5. The van der Waals surface area contributed by atoms with E-state index in [0.717, 1.165) is 31.4 Å². The van der Waals surface area contributed by atoms with Crippen molar-refractivity contribution < 1.29 is 9.31 Å². The fourth-order valence-electron chi connectivity index (χ4n) is 3.34. The molecule has 0 amide bonds. The fraction of sp³-hybridized carbons (Fsp3) is 0.389. The number of nitrogens with one attached hydrogen (secondary N) is 2. The molecule has 2 N–H and O–H groups in total. The summed E-state index contributed by atoms with van der Waals surface area (Å²) in [5.41, 5.74) is 0.161. The maximum Gasteiger partial charge on any atom is 0.337 e. The Hall–Kier alpha value is -2.74. The summed E-state index contributed by atoms with van der Waals surface area (Å²) in [6.07, 6.45) is 2.75. The number of piperidine rings is 1. The molecular formula is C18H21FN4O3. The first-order chi connectivity index (χ1) is 12.5. The van der Waals surface area contributed by atoms with Gasteiger partial charge in [0.2, 0.25) is 0 Å². The van der Waals surface area contributed by atoms with Crippen molar-refractivity contribution in [3.8, 4) is 0 Å². The van der Waals surface area contributed by atoms with Crippen LogP contribution in [0.5, 0.6) is 0 Å². The third kappa shape index (κ3) is 3.91. The number of H-pyrrole nitrogens is 1. The van der Waals surface area contributed by atoms with Crippen molar-refractivity contribution in [1.29, 1.82) is 0 Å². The highest BCUT2D eigenvalue weighted by molar-refractivity contribution is 5.47. The van der Waals surface area contributed by atoms with Gasteiger partial charge in [0.25, 0.3) is 5.43 Å². The quantitative estimate of drug-likeness (QED) is 0.631. The molecule has 7 nitrogen and oxygen atoms in total. The van der Waals surface area contributed by atoms with E-state index in [1.54, 1.807) is 12.1 Å². The average molecular weight is 360 g/mol. The number of benzene rings is 1. The number of pyridine rings is 1. The molecule has 1 aliphatic heterocycles. The minimum absolute atomic E-state index is 0.190. The van der Waals surface area contributed by atoms with Crippen LogP contribution in [0.3, 0.4) is 0 Å². The number of halogens is 1. The van der Waals surface area contributed by atoms with Crippen molar-refractivity contribution in [1.82, 2.24) is 9.88 Å². The molecule has 0 radical (unpaired) electrons. The number of aromatic nitrogens is 1. The monoisotopic (exact) mass is 360 g/mol. The molecule has 138 valence electrons. The van der Waals surface area contributed by atoms with Gasteiger partial charge in [-0.15, -0.1) is 0 Å². The second-order valence-corrected chi connectivity index (χ2v) is 6.54. The van der Waals surface area contributed by atoms with Crippen molar-refractivity contribution in [3.05, 3.63) is 67.7 Å². The van der Waals surface area contributed by atoms with E-state index in [4.69, 9.17) is 0 Å². The first kappa shape index (κ1) is 18.1. The molecule has 1 atom stereocenters. The standard InChI is InChI=1S/C18H21FN4O3/c1-22-9-3-2-4-14(22)17-18(23(25)26)15(24)10-16(21-17)20-11-12-5-7-13(19)8-6-12/h5-8,10,14H,2-4,9,11H2,1H3,(H2,20,21,24). The number of hydrogen-bond acceptors (Lipinski definition) is 5. The van der Waals surface area contributed by atoms with Gasteiger partial charge in [-0.1, -0.05) is 18.6 Å². The van der Waals surface area contributed by atoms with Crippen LogP contribution in [0.4, 0.5) is 15.9 Å². The molecule has 2 heterocycles. The lowest BCUT2D eigenvalue weighted by Gasteiger charge is -2.32. The zero-order valence-corrected chi connectivity index (χ0v) is 14.5. The van der Waals surface area contributed by atoms with Gasteiger partial charge < -0.3 is 10.3 Å². The van der Waals surface area contributed by atoms with Crippen LogP contribution in [0, 0.1) is 15.9 Å². The second kappa shape index (κ2) is 7.65. The van der Waals surface area contributed by atoms with Crippen molar-refractivity contribution in [2.75, 3.05) is 18.9 Å². The van der Waals surface area contributed by atoms with Crippen molar-refractivity contribution in [3.63, 3.8) is 0 Å². The molecule has 0 saturated carbocycles. The molecule has 1 fully saturated rings. The molecule has 3 rings (SSSR count). The number of aromatic amines is 1. The Kier molecular flexibility index (Phi) is 5.32. The van der Waals surface area contributed by atoms with Crippen LogP contribution < -0.4 is 10.7 Å². The number of likely N-dealkylation sites (tertiary alicyclic amines) is 1. The van der Waals surface area contributed by atoms with Gasteiger partial charge >= 0.3 is 5.69 Å². The summed E-state index contributed by atoms with van der Waals surface area (Å²) < 4.78 is 13.0. The summed E-state index contributed by atoms with van der Waals surface area (Å²) in [5.74, 6) is 0.0963. The lowest BCUT2D eigenvalue weighted by atomic mass is 9.98. The van der Waals surface area contributed by atoms with Crippen molar-refractivity contribution in [2.45, 2.75) is 31.8 Å². The van der Waals surface area contributed by atoms with Gasteiger partial charge in [0.05, 0.1) is 11.0 Å². The third-order valence-electron chi connectivity index (χ3n) is 4.72. The van der Waals surface area contributed by atoms with Gasteiger partial charge in [0.15, 0.2) is 0 Å². The van der Waals surface area contributed by atoms with Gasteiger partial charge in [-0.25, -0.2) is 4.39 Å². The normalized spacial score (nSPS) is 17.8. The second-order valence-electron chi connectivity index (χ2n) is 6.54. The van der Waals surface area contributed by atoms with E-state index in [2.05, 4.69) is 10.3 Å². The van der Waals surface area contributed by atoms with E-state index in [0.29, 0.717) is 18.1 Å². The van der Waals surface area contributed by atoms with E-state index in [1.807, 2.05) is 11.9 Å². The summed E-state index contributed by atoms with van der Waals surface area (Å²) >= 11 is 0. The van der Waals surface area contributed by atoms with Crippen LogP contribution in [-0.2, 0) is 6.54 Å². The van der Waals surface area contributed by atoms with Crippen molar-refractivity contribution >= 4 is 11.5 Å². The molecule has 1 aromatic heterocycles. The lowest BCUT2D eigenvalue weighted by molar-refractivity contribution is -0.387. The van der Waals surface area contributed by atoms with E-state index >= 15 is 0 Å². The third-order valence-corrected chi connectivity index (χ3v) is 4.72. The highest BCUT2D eigenvalue weighted by Crippen LogP contribution is 2.32. The molecule has 26 heavy (non-hydrogen) atoms. The number of nitro groups is 1. The molecule has 0 aliphatic carbocycles. The minimum Gasteiger partial charge on any atom is -0.367 e. The topological polar surface area (TPSA) is 91.3 Å². The van der Waals surface area contributed by atoms with Crippen LogP contribution in [0.25, 0.3) is 0 Å². The van der Waals surface area contributed by atoms with Gasteiger partial charge in [-0.3, -0.25) is 19.8 Å². The summed E-state index contributed by atoms with van der Waals surface area (Å²) in [7, 11) is 1.91. The smallest absolute Gasteiger partial charge is 0.337 e. The Morgan fingerprint density at radius 2 is 2.08 bits per heavy atom. The van der Waals surface area contributed by atoms with Crippen LogP contribution in [0.1, 0.15) is 36.6 Å². The van der Waals surface area contributed by atoms with Crippen LogP contribution >= 0.6 is 0 Å². The predicted molar refractivity (Wildman–Crippen MR) is 96.7 cm³/mol. The Morgan fingerprint density at radius 1 is 1.35 bits per heavy atom. The van der Waals surface area contributed by atoms with E-state index in [1.165, 1.54) is 18.2 Å².